The monoisotopic (exact) mass is 314 g/mol. The molecule has 0 saturated carbocycles. The van der Waals surface area contributed by atoms with Crippen molar-refractivity contribution in [2.75, 3.05) is 0 Å². The van der Waals surface area contributed by atoms with Crippen molar-refractivity contribution >= 4 is 27.3 Å². The van der Waals surface area contributed by atoms with Crippen LogP contribution in [0.25, 0.3) is 0 Å². The first kappa shape index (κ1) is 14.8. The van der Waals surface area contributed by atoms with E-state index in [4.69, 9.17) is 5.11 Å². The van der Waals surface area contributed by atoms with Gasteiger partial charge < -0.3 is 10.1 Å². The molecule has 0 aromatic carbocycles. The van der Waals surface area contributed by atoms with E-state index in [1.54, 1.807) is 0 Å². The molecule has 0 aliphatic rings. The van der Waals surface area contributed by atoms with Crippen LogP contribution in [0.5, 0.6) is 0 Å². The highest BCUT2D eigenvalue weighted by atomic mass is 32.2. The quantitative estimate of drug-likeness (QED) is 0.761. The summed E-state index contributed by atoms with van der Waals surface area (Å²) in [5, 5.41) is 10.7. The van der Waals surface area contributed by atoms with E-state index in [9.17, 15) is 13.2 Å². The first-order chi connectivity index (χ1) is 9.44. The Morgan fingerprint density at radius 2 is 2.30 bits per heavy atom. The maximum atomic E-state index is 12.2. The Morgan fingerprint density at radius 3 is 2.80 bits per heavy atom. The molecule has 0 aliphatic heterocycles. The Labute approximate surface area is 120 Å². The molecule has 20 heavy (non-hydrogen) atoms. The normalized spacial score (nSPS) is 13.2. The van der Waals surface area contributed by atoms with Crippen molar-refractivity contribution in [2.24, 2.45) is 0 Å². The van der Waals surface area contributed by atoms with Gasteiger partial charge in [-0.2, -0.15) is 0 Å². The molecule has 0 bridgehead atoms. The van der Waals surface area contributed by atoms with Gasteiger partial charge in [0.05, 0.1) is 6.04 Å². The molecule has 0 radical (unpaired) electrons. The molecule has 2 aromatic rings. The summed E-state index contributed by atoms with van der Waals surface area (Å²) in [5.74, 6) is -1.20. The number of aromatic carboxylic acids is 1. The third-order valence-electron chi connectivity index (χ3n) is 2.79. The van der Waals surface area contributed by atoms with Crippen molar-refractivity contribution in [2.45, 2.75) is 24.3 Å². The van der Waals surface area contributed by atoms with Crippen LogP contribution in [-0.4, -0.2) is 24.5 Å². The number of carboxylic acid groups (broad SMARTS) is 1. The molecule has 1 atom stereocenters. The van der Waals surface area contributed by atoms with Gasteiger partial charge in [0.1, 0.15) is 10.6 Å². The maximum Gasteiger partial charge on any atom is 0.352 e. The van der Waals surface area contributed by atoms with Crippen molar-refractivity contribution in [3.8, 4) is 0 Å². The van der Waals surface area contributed by atoms with Crippen LogP contribution in [-0.2, 0) is 10.0 Å². The molecule has 6 nitrogen and oxygen atoms in total. The van der Waals surface area contributed by atoms with Crippen molar-refractivity contribution in [3.63, 3.8) is 0 Å². The number of nitrogens with one attached hydrogen (secondary N) is 2. The SMILES string of the molecule is CCC(NS(=O)(=O)c1c[nH]c(C(=O)O)c1)c1cccs1. The third kappa shape index (κ3) is 3.09. The number of hydrogen-bond acceptors (Lipinski definition) is 4. The minimum absolute atomic E-state index is 0.0788. The second-order valence-electron chi connectivity index (χ2n) is 4.15. The summed E-state index contributed by atoms with van der Waals surface area (Å²) in [5.41, 5.74) is -0.158. The van der Waals surface area contributed by atoms with Crippen LogP contribution in [0.2, 0.25) is 0 Å². The summed E-state index contributed by atoms with van der Waals surface area (Å²) in [6.45, 7) is 1.88. The van der Waals surface area contributed by atoms with Gasteiger partial charge >= 0.3 is 5.97 Å². The van der Waals surface area contributed by atoms with Gasteiger partial charge in [-0.05, 0) is 23.9 Å². The molecular weight excluding hydrogens is 300 g/mol. The highest BCUT2D eigenvalue weighted by Crippen LogP contribution is 2.24. The third-order valence-corrected chi connectivity index (χ3v) is 5.23. The fourth-order valence-corrected chi connectivity index (χ4v) is 3.97. The minimum Gasteiger partial charge on any atom is -0.477 e. The number of sulfonamides is 1. The molecule has 8 heteroatoms. The predicted molar refractivity (Wildman–Crippen MR) is 75.4 cm³/mol. The Hall–Kier alpha value is -1.64. The zero-order valence-electron chi connectivity index (χ0n) is 10.7. The van der Waals surface area contributed by atoms with E-state index in [2.05, 4.69) is 9.71 Å². The molecule has 2 rings (SSSR count). The number of thiophene rings is 1. The van der Waals surface area contributed by atoms with Gasteiger partial charge in [-0.3, -0.25) is 0 Å². The molecule has 1 unspecified atom stereocenters. The topological polar surface area (TPSA) is 99.3 Å². The van der Waals surface area contributed by atoms with E-state index in [1.807, 2.05) is 24.4 Å². The zero-order chi connectivity index (χ0) is 14.8. The number of carboxylic acids is 1. The maximum absolute atomic E-state index is 12.2. The summed E-state index contributed by atoms with van der Waals surface area (Å²) in [6, 6.07) is 4.51. The Balaban J connectivity index is 2.23. The largest absolute Gasteiger partial charge is 0.477 e. The number of rotatable bonds is 6. The summed E-state index contributed by atoms with van der Waals surface area (Å²) in [7, 11) is -3.75. The molecule has 2 heterocycles. The van der Waals surface area contributed by atoms with Crippen LogP contribution in [0.4, 0.5) is 0 Å². The van der Waals surface area contributed by atoms with Crippen LogP contribution in [0, 0.1) is 0 Å². The fourth-order valence-electron chi connectivity index (χ4n) is 1.74. The van der Waals surface area contributed by atoms with Gasteiger partial charge in [-0.25, -0.2) is 17.9 Å². The number of hydrogen-bond donors (Lipinski definition) is 3. The predicted octanol–water partition coefficient (Wildman–Crippen LogP) is 2.20. The van der Waals surface area contributed by atoms with E-state index in [0.29, 0.717) is 6.42 Å². The van der Waals surface area contributed by atoms with E-state index in [0.717, 1.165) is 10.9 Å². The van der Waals surface area contributed by atoms with Crippen molar-refractivity contribution < 1.29 is 18.3 Å². The average molecular weight is 314 g/mol. The molecule has 0 amide bonds. The number of aromatic nitrogens is 1. The number of carbonyl (C=O) groups is 1. The second-order valence-corrected chi connectivity index (χ2v) is 6.85. The van der Waals surface area contributed by atoms with E-state index in [1.165, 1.54) is 17.5 Å². The number of aromatic amines is 1. The lowest BCUT2D eigenvalue weighted by Crippen LogP contribution is -2.27. The van der Waals surface area contributed by atoms with Gasteiger partial charge in [-0.1, -0.05) is 13.0 Å². The summed E-state index contributed by atoms with van der Waals surface area (Å²) in [6.07, 6.45) is 1.78. The second kappa shape index (κ2) is 5.78. The van der Waals surface area contributed by atoms with Gasteiger partial charge in [0.15, 0.2) is 0 Å². The molecule has 0 spiro atoms. The molecular formula is C12H14N2O4S2. The van der Waals surface area contributed by atoms with Gasteiger partial charge in [-0.15, -0.1) is 11.3 Å². The van der Waals surface area contributed by atoms with Crippen LogP contribution in [0.15, 0.2) is 34.7 Å². The van der Waals surface area contributed by atoms with Gasteiger partial charge in [0, 0.05) is 11.1 Å². The van der Waals surface area contributed by atoms with Crippen molar-refractivity contribution in [3.05, 3.63) is 40.3 Å². The summed E-state index contributed by atoms with van der Waals surface area (Å²) in [4.78, 5) is 14.0. The average Bonchev–Trinajstić information content (AvgIpc) is 3.06. The Morgan fingerprint density at radius 1 is 1.55 bits per heavy atom. The standard InChI is InChI=1S/C12H14N2O4S2/c1-2-9(11-4-3-5-19-11)14-20(17,18)8-6-10(12(15)16)13-7-8/h3-7,9,13-14H,2H2,1H3,(H,15,16). The fraction of sp³-hybridized carbons (Fsp3) is 0.250. The number of H-pyrrole nitrogens is 1. The van der Waals surface area contributed by atoms with Crippen molar-refractivity contribution in [1.29, 1.82) is 0 Å². The molecule has 3 N–H and O–H groups in total. The van der Waals surface area contributed by atoms with Crippen LogP contribution < -0.4 is 4.72 Å². The highest BCUT2D eigenvalue weighted by molar-refractivity contribution is 7.89. The molecule has 2 aromatic heterocycles. The van der Waals surface area contributed by atoms with Crippen molar-refractivity contribution in [1.82, 2.24) is 9.71 Å². The Kier molecular flexibility index (Phi) is 4.26. The molecule has 0 aliphatic carbocycles. The smallest absolute Gasteiger partial charge is 0.352 e. The van der Waals surface area contributed by atoms with Gasteiger partial charge in [0.25, 0.3) is 0 Å². The first-order valence-electron chi connectivity index (χ1n) is 5.91. The minimum atomic E-state index is -3.75. The molecule has 0 fully saturated rings. The van der Waals surface area contributed by atoms with Gasteiger partial charge in [0.2, 0.25) is 10.0 Å². The van der Waals surface area contributed by atoms with Crippen LogP contribution in [0.1, 0.15) is 34.8 Å². The zero-order valence-corrected chi connectivity index (χ0v) is 12.3. The first-order valence-corrected chi connectivity index (χ1v) is 8.27. The Bertz CT molecular complexity index is 689. The van der Waals surface area contributed by atoms with Crippen LogP contribution in [0.3, 0.4) is 0 Å². The lowest BCUT2D eigenvalue weighted by Gasteiger charge is -2.14. The van der Waals surface area contributed by atoms with E-state index in [-0.39, 0.29) is 16.6 Å². The lowest BCUT2D eigenvalue weighted by atomic mass is 10.2. The molecule has 0 saturated heterocycles. The summed E-state index contributed by atoms with van der Waals surface area (Å²) >= 11 is 1.47. The lowest BCUT2D eigenvalue weighted by molar-refractivity contribution is 0.0691. The van der Waals surface area contributed by atoms with E-state index >= 15 is 0 Å². The van der Waals surface area contributed by atoms with Crippen LogP contribution >= 0.6 is 11.3 Å². The van der Waals surface area contributed by atoms with E-state index < -0.39 is 16.0 Å². The molecule has 108 valence electrons. The summed E-state index contributed by atoms with van der Waals surface area (Å²) < 4.78 is 27.0. The highest BCUT2D eigenvalue weighted by Gasteiger charge is 2.23.